The van der Waals surface area contributed by atoms with Gasteiger partial charge >= 0.3 is 0 Å². The van der Waals surface area contributed by atoms with Gasteiger partial charge in [0.2, 0.25) is 5.91 Å². The smallest absolute Gasteiger partial charge is 0.224 e. The van der Waals surface area contributed by atoms with Crippen molar-refractivity contribution in [3.63, 3.8) is 0 Å². The number of rotatable bonds is 4. The Labute approximate surface area is 153 Å². The van der Waals surface area contributed by atoms with Crippen LogP contribution in [0.15, 0.2) is 24.7 Å². The first-order valence-corrected chi connectivity index (χ1v) is 9.53. The second kappa shape index (κ2) is 7.53. The molecule has 7 heteroatoms. The lowest BCUT2D eigenvalue weighted by atomic mass is 9.95. The zero-order valence-corrected chi connectivity index (χ0v) is 15.3. The van der Waals surface area contributed by atoms with Crippen molar-refractivity contribution < 1.29 is 4.79 Å². The summed E-state index contributed by atoms with van der Waals surface area (Å²) in [7, 11) is 0. The quantitative estimate of drug-likeness (QED) is 0.904. The summed E-state index contributed by atoms with van der Waals surface area (Å²) in [4.78, 5) is 24.0. The summed E-state index contributed by atoms with van der Waals surface area (Å²) in [5, 5.41) is 7.58. The van der Waals surface area contributed by atoms with Gasteiger partial charge in [-0.1, -0.05) is 0 Å². The van der Waals surface area contributed by atoms with E-state index in [-0.39, 0.29) is 11.9 Å². The number of nitrogens with one attached hydrogen (secondary N) is 1. The van der Waals surface area contributed by atoms with Crippen LogP contribution in [-0.2, 0) is 17.8 Å². The lowest BCUT2D eigenvalue weighted by Gasteiger charge is -2.32. The van der Waals surface area contributed by atoms with Crippen LogP contribution in [0.3, 0.4) is 0 Å². The highest BCUT2D eigenvalue weighted by Gasteiger charge is 2.27. The van der Waals surface area contributed by atoms with Gasteiger partial charge in [0, 0.05) is 74.8 Å². The van der Waals surface area contributed by atoms with E-state index in [1.54, 1.807) is 6.20 Å². The molecule has 0 spiro atoms. The van der Waals surface area contributed by atoms with Crippen LogP contribution in [0.1, 0.15) is 55.2 Å². The molecule has 4 rings (SSSR count). The van der Waals surface area contributed by atoms with Crippen molar-refractivity contribution in [2.45, 2.75) is 51.1 Å². The number of fused-ring (bicyclic) bond motifs is 1. The van der Waals surface area contributed by atoms with E-state index in [0.717, 1.165) is 51.3 Å². The maximum absolute atomic E-state index is 12.6. The minimum Gasteiger partial charge on any atom is -0.343 e. The van der Waals surface area contributed by atoms with Crippen molar-refractivity contribution >= 4 is 5.91 Å². The third kappa shape index (κ3) is 3.62. The first kappa shape index (κ1) is 17.1. The Hall–Kier alpha value is -2.28. The molecule has 4 heterocycles. The van der Waals surface area contributed by atoms with Gasteiger partial charge in [-0.3, -0.25) is 9.48 Å². The molecule has 2 aliphatic heterocycles. The van der Waals surface area contributed by atoms with Crippen LogP contribution in [0, 0.1) is 0 Å². The maximum Gasteiger partial charge on any atom is 0.224 e. The van der Waals surface area contributed by atoms with E-state index in [2.05, 4.69) is 15.4 Å². The molecule has 0 bridgehead atoms. The first-order chi connectivity index (χ1) is 12.7. The zero-order valence-electron chi connectivity index (χ0n) is 15.3. The molecule has 1 fully saturated rings. The van der Waals surface area contributed by atoms with Crippen molar-refractivity contribution in [2.24, 2.45) is 0 Å². The van der Waals surface area contributed by atoms with E-state index in [9.17, 15) is 4.79 Å². The summed E-state index contributed by atoms with van der Waals surface area (Å²) in [6, 6.07) is 1.98. The zero-order chi connectivity index (χ0) is 17.9. The van der Waals surface area contributed by atoms with E-state index in [1.807, 2.05) is 35.0 Å². The Morgan fingerprint density at radius 3 is 3.00 bits per heavy atom. The van der Waals surface area contributed by atoms with Gasteiger partial charge in [0.15, 0.2) is 0 Å². The third-order valence-electron chi connectivity index (χ3n) is 5.49. The first-order valence-electron chi connectivity index (χ1n) is 9.53. The highest BCUT2D eigenvalue weighted by atomic mass is 16.2. The predicted molar refractivity (Wildman–Crippen MR) is 97.6 cm³/mol. The lowest BCUT2D eigenvalue weighted by molar-refractivity contribution is -0.133. The molecule has 138 valence electrons. The molecule has 1 amide bonds. The molecule has 0 aromatic carbocycles. The molecule has 1 saturated heterocycles. The molecule has 2 aromatic heterocycles. The van der Waals surface area contributed by atoms with Crippen LogP contribution in [-0.4, -0.2) is 50.2 Å². The minimum atomic E-state index is 0.0906. The Kier molecular flexibility index (Phi) is 4.97. The SMILES string of the molecule is C[C@H](CC(=O)N1CCC(c2ncc3c(n2)CCNC3)CC1)n1cccn1. The van der Waals surface area contributed by atoms with Gasteiger partial charge in [0.25, 0.3) is 0 Å². The fraction of sp³-hybridized carbons (Fsp3) is 0.579. The molecule has 2 aromatic rings. The molecule has 0 saturated carbocycles. The van der Waals surface area contributed by atoms with Gasteiger partial charge in [-0.25, -0.2) is 9.97 Å². The van der Waals surface area contributed by atoms with Crippen molar-refractivity contribution in [1.29, 1.82) is 0 Å². The van der Waals surface area contributed by atoms with E-state index in [1.165, 1.54) is 11.3 Å². The van der Waals surface area contributed by atoms with E-state index in [4.69, 9.17) is 4.98 Å². The van der Waals surface area contributed by atoms with E-state index >= 15 is 0 Å². The summed E-state index contributed by atoms with van der Waals surface area (Å²) < 4.78 is 1.85. The molecule has 1 atom stereocenters. The molecule has 0 radical (unpaired) electrons. The molecule has 1 N–H and O–H groups in total. The molecule has 0 unspecified atom stereocenters. The van der Waals surface area contributed by atoms with Crippen molar-refractivity contribution in [2.75, 3.05) is 19.6 Å². The fourth-order valence-electron chi connectivity index (χ4n) is 3.85. The predicted octanol–water partition coefficient (Wildman–Crippen LogP) is 1.68. The number of nitrogens with zero attached hydrogens (tertiary/aromatic N) is 5. The van der Waals surface area contributed by atoms with Gasteiger partial charge in [-0.2, -0.15) is 5.10 Å². The second-order valence-electron chi connectivity index (χ2n) is 7.32. The topological polar surface area (TPSA) is 75.9 Å². The van der Waals surface area contributed by atoms with Gasteiger partial charge in [-0.05, 0) is 25.8 Å². The number of carbonyl (C=O) groups excluding carboxylic acids is 1. The van der Waals surface area contributed by atoms with Crippen LogP contribution in [0.4, 0.5) is 0 Å². The van der Waals surface area contributed by atoms with Crippen molar-refractivity contribution in [3.05, 3.63) is 41.7 Å². The highest BCUT2D eigenvalue weighted by Crippen LogP contribution is 2.27. The lowest BCUT2D eigenvalue weighted by Crippen LogP contribution is -2.39. The Bertz CT molecular complexity index is 751. The Balaban J connectivity index is 1.33. The fourth-order valence-corrected chi connectivity index (χ4v) is 3.85. The van der Waals surface area contributed by atoms with E-state index < -0.39 is 0 Å². The van der Waals surface area contributed by atoms with Gasteiger partial charge in [0.05, 0.1) is 6.04 Å². The number of piperidine rings is 1. The minimum absolute atomic E-state index is 0.0906. The van der Waals surface area contributed by atoms with Gasteiger partial charge < -0.3 is 10.2 Å². The van der Waals surface area contributed by atoms with Crippen LogP contribution in [0.5, 0.6) is 0 Å². The van der Waals surface area contributed by atoms with Crippen molar-refractivity contribution in [3.8, 4) is 0 Å². The molecule has 0 aliphatic carbocycles. The standard InChI is InChI=1S/C19H26N6O/c1-14(25-8-2-6-22-25)11-18(26)24-9-4-15(5-10-24)19-21-13-16-12-20-7-3-17(16)23-19/h2,6,8,13-15,20H,3-5,7,9-12H2,1H3/t14-/m1/s1. The maximum atomic E-state index is 12.6. The number of amides is 1. The van der Waals surface area contributed by atoms with Gasteiger partial charge in [-0.15, -0.1) is 0 Å². The summed E-state index contributed by atoms with van der Waals surface area (Å²) >= 11 is 0. The summed E-state index contributed by atoms with van der Waals surface area (Å²) in [5.74, 6) is 1.54. The van der Waals surface area contributed by atoms with Crippen molar-refractivity contribution in [1.82, 2.24) is 30.0 Å². The highest BCUT2D eigenvalue weighted by molar-refractivity contribution is 5.76. The normalized spacial score (nSPS) is 19.2. The molecular formula is C19H26N6O. The van der Waals surface area contributed by atoms with Crippen LogP contribution < -0.4 is 5.32 Å². The van der Waals surface area contributed by atoms with Gasteiger partial charge in [0.1, 0.15) is 5.82 Å². The number of hydrogen-bond acceptors (Lipinski definition) is 5. The summed E-state index contributed by atoms with van der Waals surface area (Å²) in [5.41, 5.74) is 2.42. The van der Waals surface area contributed by atoms with Crippen LogP contribution >= 0.6 is 0 Å². The molecule has 7 nitrogen and oxygen atoms in total. The third-order valence-corrected chi connectivity index (χ3v) is 5.49. The average molecular weight is 354 g/mol. The summed E-state index contributed by atoms with van der Waals surface area (Å²) in [6.45, 7) is 5.48. The average Bonchev–Trinajstić information content (AvgIpc) is 3.23. The van der Waals surface area contributed by atoms with Crippen LogP contribution in [0.25, 0.3) is 0 Å². The summed E-state index contributed by atoms with van der Waals surface area (Å²) in [6.07, 6.45) is 9.00. The molecular weight excluding hydrogens is 328 g/mol. The Morgan fingerprint density at radius 1 is 1.38 bits per heavy atom. The van der Waals surface area contributed by atoms with Crippen LogP contribution in [0.2, 0.25) is 0 Å². The second-order valence-corrected chi connectivity index (χ2v) is 7.32. The Morgan fingerprint density at radius 2 is 2.23 bits per heavy atom. The number of hydrogen-bond donors (Lipinski definition) is 1. The monoisotopic (exact) mass is 354 g/mol. The molecule has 26 heavy (non-hydrogen) atoms. The number of carbonyl (C=O) groups is 1. The van der Waals surface area contributed by atoms with E-state index in [0.29, 0.717) is 12.3 Å². The molecule has 2 aliphatic rings. The number of aromatic nitrogens is 4. The largest absolute Gasteiger partial charge is 0.343 e. The number of likely N-dealkylation sites (tertiary alicyclic amines) is 1.